The highest BCUT2D eigenvalue weighted by Crippen LogP contribution is 2.31. The zero-order chi connectivity index (χ0) is 10.7. The lowest BCUT2D eigenvalue weighted by molar-refractivity contribution is 0.198. The van der Waals surface area contributed by atoms with Crippen molar-refractivity contribution in [1.82, 2.24) is 0 Å². The Morgan fingerprint density at radius 1 is 1.14 bits per heavy atom. The Hall–Kier alpha value is -1.22. The van der Waals surface area contributed by atoms with Crippen LogP contribution in [0.1, 0.15) is 24.2 Å². The summed E-state index contributed by atoms with van der Waals surface area (Å²) in [6, 6.07) is 3.64. The predicted octanol–water partition coefficient (Wildman–Crippen LogP) is 2.07. The number of ether oxygens (including phenoxy) is 2. The lowest BCUT2D eigenvalue weighted by atomic mass is 10.1. The van der Waals surface area contributed by atoms with E-state index in [1.54, 1.807) is 21.1 Å². The average molecular weight is 196 g/mol. The van der Waals surface area contributed by atoms with Crippen molar-refractivity contribution in [2.45, 2.75) is 20.0 Å². The van der Waals surface area contributed by atoms with E-state index < -0.39 is 6.10 Å². The zero-order valence-electron chi connectivity index (χ0n) is 9.00. The number of benzene rings is 1. The van der Waals surface area contributed by atoms with Gasteiger partial charge in [-0.05, 0) is 31.5 Å². The van der Waals surface area contributed by atoms with Gasteiger partial charge in [-0.15, -0.1) is 0 Å². The molecule has 0 saturated carbocycles. The highest BCUT2D eigenvalue weighted by molar-refractivity contribution is 5.47. The van der Waals surface area contributed by atoms with Crippen LogP contribution >= 0.6 is 0 Å². The Labute approximate surface area is 84.3 Å². The Kier molecular flexibility index (Phi) is 3.36. The predicted molar refractivity (Wildman–Crippen MR) is 54.9 cm³/mol. The molecule has 3 nitrogen and oxygen atoms in total. The van der Waals surface area contributed by atoms with Gasteiger partial charge in [0.1, 0.15) is 11.5 Å². The summed E-state index contributed by atoms with van der Waals surface area (Å²) in [5.74, 6) is 1.47. The summed E-state index contributed by atoms with van der Waals surface area (Å²) in [6.07, 6.45) is -0.515. The van der Waals surface area contributed by atoms with Crippen molar-refractivity contribution >= 4 is 0 Å². The van der Waals surface area contributed by atoms with E-state index in [0.29, 0.717) is 0 Å². The quantitative estimate of drug-likeness (QED) is 0.804. The van der Waals surface area contributed by atoms with Crippen molar-refractivity contribution in [2.24, 2.45) is 0 Å². The molecule has 0 radical (unpaired) electrons. The molecule has 0 aliphatic heterocycles. The molecule has 0 bridgehead atoms. The topological polar surface area (TPSA) is 38.7 Å². The van der Waals surface area contributed by atoms with Gasteiger partial charge in [-0.2, -0.15) is 0 Å². The van der Waals surface area contributed by atoms with Gasteiger partial charge in [0.15, 0.2) is 0 Å². The van der Waals surface area contributed by atoms with Crippen LogP contribution in [-0.2, 0) is 0 Å². The van der Waals surface area contributed by atoms with Gasteiger partial charge < -0.3 is 14.6 Å². The highest BCUT2D eigenvalue weighted by atomic mass is 16.5. The van der Waals surface area contributed by atoms with Crippen LogP contribution in [0.5, 0.6) is 11.5 Å². The molecule has 1 rings (SSSR count). The molecule has 0 fully saturated rings. The van der Waals surface area contributed by atoms with E-state index in [2.05, 4.69) is 0 Å². The van der Waals surface area contributed by atoms with E-state index in [-0.39, 0.29) is 0 Å². The van der Waals surface area contributed by atoms with E-state index in [1.807, 2.05) is 19.1 Å². The van der Waals surface area contributed by atoms with Crippen molar-refractivity contribution < 1.29 is 14.6 Å². The minimum absolute atomic E-state index is 0.515. The number of methoxy groups -OCH3 is 2. The number of aliphatic hydroxyl groups is 1. The maximum atomic E-state index is 9.44. The lowest BCUT2D eigenvalue weighted by Gasteiger charge is -2.13. The van der Waals surface area contributed by atoms with Crippen molar-refractivity contribution in [2.75, 3.05) is 14.2 Å². The number of hydrogen-bond donors (Lipinski definition) is 1. The van der Waals surface area contributed by atoms with Crippen LogP contribution in [0.25, 0.3) is 0 Å². The minimum atomic E-state index is -0.515. The lowest BCUT2D eigenvalue weighted by Crippen LogP contribution is -1.97. The van der Waals surface area contributed by atoms with E-state index in [4.69, 9.17) is 9.47 Å². The Morgan fingerprint density at radius 2 is 1.57 bits per heavy atom. The number of aliphatic hydroxyl groups excluding tert-OH is 1. The Balaban J connectivity index is 3.25. The van der Waals surface area contributed by atoms with E-state index in [0.717, 1.165) is 22.6 Å². The van der Waals surface area contributed by atoms with Gasteiger partial charge in [0, 0.05) is 5.56 Å². The molecular formula is C11H16O3. The third-order valence-electron chi connectivity index (χ3n) is 2.26. The summed E-state index contributed by atoms with van der Waals surface area (Å²) < 4.78 is 10.4. The van der Waals surface area contributed by atoms with Gasteiger partial charge in [0.05, 0.1) is 20.3 Å². The smallest absolute Gasteiger partial charge is 0.125 e. The first-order chi connectivity index (χ1) is 6.60. The second kappa shape index (κ2) is 4.33. The van der Waals surface area contributed by atoms with Crippen LogP contribution in [0.15, 0.2) is 12.1 Å². The summed E-state index contributed by atoms with van der Waals surface area (Å²) in [5, 5.41) is 9.44. The first-order valence-corrected chi connectivity index (χ1v) is 4.50. The maximum Gasteiger partial charge on any atom is 0.125 e. The van der Waals surface area contributed by atoms with Gasteiger partial charge >= 0.3 is 0 Å². The van der Waals surface area contributed by atoms with Crippen molar-refractivity contribution in [1.29, 1.82) is 0 Å². The third kappa shape index (κ3) is 1.99. The summed E-state index contributed by atoms with van der Waals surface area (Å²) in [7, 11) is 3.21. The molecule has 1 atom stereocenters. The fourth-order valence-electron chi connectivity index (χ4n) is 1.35. The number of hydrogen-bond acceptors (Lipinski definition) is 3. The van der Waals surface area contributed by atoms with Gasteiger partial charge in [-0.25, -0.2) is 0 Å². The molecule has 0 heterocycles. The molecule has 0 amide bonds. The molecule has 1 aromatic carbocycles. The Morgan fingerprint density at radius 3 is 1.86 bits per heavy atom. The van der Waals surface area contributed by atoms with Crippen LogP contribution in [0, 0.1) is 6.92 Å². The fourth-order valence-corrected chi connectivity index (χ4v) is 1.35. The molecule has 0 aliphatic rings. The zero-order valence-corrected chi connectivity index (χ0v) is 9.00. The molecular weight excluding hydrogens is 180 g/mol. The molecule has 0 saturated heterocycles. The molecule has 0 aromatic heterocycles. The first kappa shape index (κ1) is 10.9. The molecule has 0 unspecified atom stereocenters. The summed E-state index contributed by atoms with van der Waals surface area (Å²) >= 11 is 0. The molecule has 78 valence electrons. The van der Waals surface area contributed by atoms with Crippen molar-refractivity contribution in [3.8, 4) is 11.5 Å². The molecule has 3 heteroatoms. The van der Waals surface area contributed by atoms with Crippen LogP contribution in [0.3, 0.4) is 0 Å². The van der Waals surface area contributed by atoms with Gasteiger partial charge in [-0.3, -0.25) is 0 Å². The second-order valence-corrected chi connectivity index (χ2v) is 3.23. The molecule has 0 spiro atoms. The second-order valence-electron chi connectivity index (χ2n) is 3.23. The van der Waals surface area contributed by atoms with Crippen molar-refractivity contribution in [3.05, 3.63) is 23.3 Å². The largest absolute Gasteiger partial charge is 0.496 e. The maximum absolute atomic E-state index is 9.44. The molecule has 14 heavy (non-hydrogen) atoms. The normalized spacial score (nSPS) is 12.4. The van der Waals surface area contributed by atoms with Crippen LogP contribution in [0.2, 0.25) is 0 Å². The highest BCUT2D eigenvalue weighted by Gasteiger charge is 2.10. The molecule has 0 aliphatic carbocycles. The van der Waals surface area contributed by atoms with Gasteiger partial charge in [-0.1, -0.05) is 0 Å². The standard InChI is InChI=1S/C11H16O3/c1-7-10(13-3)5-9(8(2)12)6-11(7)14-4/h5-6,8,12H,1-4H3/t8-/m0/s1. The molecule has 1 N–H and O–H groups in total. The fraction of sp³-hybridized carbons (Fsp3) is 0.455. The van der Waals surface area contributed by atoms with Gasteiger partial charge in [0.25, 0.3) is 0 Å². The van der Waals surface area contributed by atoms with E-state index >= 15 is 0 Å². The SMILES string of the molecule is COc1cc([C@H](C)O)cc(OC)c1C. The van der Waals surface area contributed by atoms with Crippen LogP contribution < -0.4 is 9.47 Å². The van der Waals surface area contributed by atoms with Crippen molar-refractivity contribution in [3.63, 3.8) is 0 Å². The monoisotopic (exact) mass is 196 g/mol. The van der Waals surface area contributed by atoms with E-state index in [1.165, 1.54) is 0 Å². The summed E-state index contributed by atoms with van der Waals surface area (Å²) in [6.45, 7) is 3.63. The molecule has 1 aromatic rings. The number of rotatable bonds is 3. The Bertz CT molecular complexity index is 293. The van der Waals surface area contributed by atoms with Crippen LogP contribution in [-0.4, -0.2) is 19.3 Å². The van der Waals surface area contributed by atoms with E-state index in [9.17, 15) is 5.11 Å². The average Bonchev–Trinajstić information content (AvgIpc) is 2.17. The third-order valence-corrected chi connectivity index (χ3v) is 2.26. The summed E-state index contributed by atoms with van der Waals surface area (Å²) in [5.41, 5.74) is 1.74. The van der Waals surface area contributed by atoms with Crippen LogP contribution in [0.4, 0.5) is 0 Å². The minimum Gasteiger partial charge on any atom is -0.496 e. The van der Waals surface area contributed by atoms with Gasteiger partial charge in [0.2, 0.25) is 0 Å². The summed E-state index contributed by atoms with van der Waals surface area (Å²) in [4.78, 5) is 0. The first-order valence-electron chi connectivity index (χ1n) is 4.50.